The lowest BCUT2D eigenvalue weighted by molar-refractivity contribution is -0.143. The Labute approximate surface area is 120 Å². The first-order valence-corrected chi connectivity index (χ1v) is 6.98. The Hall–Kier alpha value is -1.84. The van der Waals surface area contributed by atoms with Gasteiger partial charge in [-0.25, -0.2) is 0 Å². The number of rotatable bonds is 8. The van der Waals surface area contributed by atoms with Gasteiger partial charge in [0.05, 0.1) is 12.7 Å². The van der Waals surface area contributed by atoms with E-state index < -0.39 is 0 Å². The van der Waals surface area contributed by atoms with Crippen LogP contribution < -0.4 is 4.74 Å². The Bertz CT molecular complexity index is 434. The Morgan fingerprint density at radius 2 is 1.75 bits per heavy atom. The topological polar surface area (TPSA) is 52.6 Å². The quantitative estimate of drug-likeness (QED) is 0.540. The summed E-state index contributed by atoms with van der Waals surface area (Å²) >= 11 is 0. The van der Waals surface area contributed by atoms with E-state index in [-0.39, 0.29) is 24.3 Å². The second-order valence-corrected chi connectivity index (χ2v) is 4.77. The van der Waals surface area contributed by atoms with Crippen LogP contribution >= 0.6 is 0 Å². The molecule has 4 heteroatoms. The molecule has 0 saturated heterocycles. The van der Waals surface area contributed by atoms with Crippen LogP contribution in [-0.4, -0.2) is 24.5 Å². The lowest BCUT2D eigenvalue weighted by Crippen LogP contribution is -2.07. The van der Waals surface area contributed by atoms with E-state index in [0.29, 0.717) is 25.0 Å². The fourth-order valence-corrected chi connectivity index (χ4v) is 1.76. The molecule has 0 aliphatic heterocycles. The van der Waals surface area contributed by atoms with Crippen molar-refractivity contribution in [1.29, 1.82) is 0 Å². The summed E-state index contributed by atoms with van der Waals surface area (Å²) in [6.07, 6.45) is 1.26. The molecule has 0 N–H and O–H groups in total. The zero-order chi connectivity index (χ0) is 15.0. The van der Waals surface area contributed by atoms with Crippen molar-refractivity contribution in [3.63, 3.8) is 0 Å². The van der Waals surface area contributed by atoms with Crippen LogP contribution in [0.25, 0.3) is 0 Å². The van der Waals surface area contributed by atoms with Crippen LogP contribution in [0.3, 0.4) is 0 Å². The maximum atomic E-state index is 11.9. The molecular formula is C16H22O4. The normalized spacial score (nSPS) is 10.4. The summed E-state index contributed by atoms with van der Waals surface area (Å²) in [4.78, 5) is 23.1. The molecule has 1 aromatic carbocycles. The van der Waals surface area contributed by atoms with Gasteiger partial charge in [-0.15, -0.1) is 0 Å². The number of carbonyl (C=O) groups is 2. The molecule has 0 bridgehead atoms. The smallest absolute Gasteiger partial charge is 0.305 e. The molecule has 0 spiro atoms. The highest BCUT2D eigenvalue weighted by molar-refractivity contribution is 5.96. The van der Waals surface area contributed by atoms with E-state index in [1.54, 1.807) is 31.2 Å². The molecule has 0 aliphatic carbocycles. The van der Waals surface area contributed by atoms with Crippen molar-refractivity contribution < 1.29 is 19.1 Å². The van der Waals surface area contributed by atoms with Gasteiger partial charge in [0.25, 0.3) is 0 Å². The first-order chi connectivity index (χ1) is 9.52. The highest BCUT2D eigenvalue weighted by atomic mass is 16.5. The second-order valence-electron chi connectivity index (χ2n) is 4.77. The molecule has 0 aromatic heterocycles. The first-order valence-electron chi connectivity index (χ1n) is 6.98. The molecule has 4 nitrogen and oxygen atoms in total. The number of benzene rings is 1. The number of esters is 1. The fraction of sp³-hybridized carbons (Fsp3) is 0.500. The SMILES string of the molecule is CCOC(=O)CCCC(=O)c1ccc(OC(C)C)cc1. The van der Waals surface area contributed by atoms with Crippen molar-refractivity contribution in [2.24, 2.45) is 0 Å². The third kappa shape index (κ3) is 5.87. The van der Waals surface area contributed by atoms with Crippen molar-refractivity contribution in [3.8, 4) is 5.75 Å². The van der Waals surface area contributed by atoms with Crippen LogP contribution in [0.15, 0.2) is 24.3 Å². The maximum Gasteiger partial charge on any atom is 0.305 e. The molecule has 0 saturated carbocycles. The Balaban J connectivity index is 2.41. The lowest BCUT2D eigenvalue weighted by Gasteiger charge is -2.09. The van der Waals surface area contributed by atoms with Crippen molar-refractivity contribution in [2.75, 3.05) is 6.61 Å². The molecule has 1 aromatic rings. The molecule has 0 aliphatic rings. The number of hydrogen-bond donors (Lipinski definition) is 0. The van der Waals surface area contributed by atoms with Crippen molar-refractivity contribution >= 4 is 11.8 Å². The first kappa shape index (κ1) is 16.2. The number of Topliss-reactive ketones (excluding diaryl/α,β-unsaturated/α-hetero) is 1. The van der Waals surface area contributed by atoms with Crippen molar-refractivity contribution in [2.45, 2.75) is 46.1 Å². The minimum atomic E-state index is -0.249. The van der Waals surface area contributed by atoms with Crippen LogP contribution in [0.4, 0.5) is 0 Å². The van der Waals surface area contributed by atoms with E-state index in [4.69, 9.17) is 9.47 Å². The van der Waals surface area contributed by atoms with Gasteiger partial charge >= 0.3 is 5.97 Å². The molecule has 0 amide bonds. The standard InChI is InChI=1S/C16H22O4/c1-4-19-16(18)7-5-6-15(17)13-8-10-14(11-9-13)20-12(2)3/h8-12H,4-7H2,1-3H3. The predicted molar refractivity (Wildman–Crippen MR) is 77.0 cm³/mol. The Kier molecular flexibility index (Phi) is 6.77. The average Bonchev–Trinajstić information content (AvgIpc) is 2.39. The third-order valence-corrected chi connectivity index (χ3v) is 2.64. The molecule has 0 fully saturated rings. The van der Waals surface area contributed by atoms with Crippen molar-refractivity contribution in [3.05, 3.63) is 29.8 Å². The summed E-state index contributed by atoms with van der Waals surface area (Å²) in [6.45, 7) is 6.05. The zero-order valence-electron chi connectivity index (χ0n) is 12.3. The lowest BCUT2D eigenvalue weighted by atomic mass is 10.1. The summed E-state index contributed by atoms with van der Waals surface area (Å²) < 4.78 is 10.3. The van der Waals surface area contributed by atoms with Gasteiger partial charge in [-0.1, -0.05) is 0 Å². The molecule has 110 valence electrons. The van der Waals surface area contributed by atoms with E-state index in [1.165, 1.54) is 0 Å². The zero-order valence-corrected chi connectivity index (χ0v) is 12.3. The molecule has 0 radical (unpaired) electrons. The van der Waals surface area contributed by atoms with Crippen LogP contribution in [0.1, 0.15) is 50.4 Å². The van der Waals surface area contributed by atoms with Gasteiger partial charge in [0.2, 0.25) is 0 Å². The van der Waals surface area contributed by atoms with Crippen LogP contribution in [0.2, 0.25) is 0 Å². The number of ether oxygens (including phenoxy) is 2. The summed E-state index contributed by atoms with van der Waals surface area (Å²) in [5, 5.41) is 0. The third-order valence-electron chi connectivity index (χ3n) is 2.64. The van der Waals surface area contributed by atoms with Gasteiger partial charge in [-0.3, -0.25) is 9.59 Å². The molecule has 0 heterocycles. The predicted octanol–water partition coefficient (Wildman–Crippen LogP) is 3.39. The van der Waals surface area contributed by atoms with Gasteiger partial charge in [0, 0.05) is 18.4 Å². The Morgan fingerprint density at radius 1 is 1.10 bits per heavy atom. The molecule has 0 atom stereocenters. The minimum Gasteiger partial charge on any atom is -0.491 e. The van der Waals surface area contributed by atoms with E-state index in [9.17, 15) is 9.59 Å². The fourth-order valence-electron chi connectivity index (χ4n) is 1.76. The number of ketones is 1. The summed E-state index contributed by atoms with van der Waals surface area (Å²) in [5.41, 5.74) is 0.643. The van der Waals surface area contributed by atoms with Gasteiger partial charge in [0.1, 0.15) is 5.75 Å². The van der Waals surface area contributed by atoms with Crippen LogP contribution in [0.5, 0.6) is 5.75 Å². The van der Waals surface area contributed by atoms with E-state index in [2.05, 4.69) is 0 Å². The van der Waals surface area contributed by atoms with E-state index >= 15 is 0 Å². The molecule has 1 rings (SSSR count). The van der Waals surface area contributed by atoms with E-state index in [0.717, 1.165) is 5.75 Å². The molecule has 20 heavy (non-hydrogen) atoms. The maximum absolute atomic E-state index is 11.9. The number of hydrogen-bond acceptors (Lipinski definition) is 4. The Morgan fingerprint density at radius 3 is 2.30 bits per heavy atom. The molecule has 0 unspecified atom stereocenters. The van der Waals surface area contributed by atoms with Crippen LogP contribution in [0, 0.1) is 0 Å². The van der Waals surface area contributed by atoms with Gasteiger partial charge in [-0.05, 0) is 51.5 Å². The van der Waals surface area contributed by atoms with Gasteiger partial charge in [0.15, 0.2) is 5.78 Å². The van der Waals surface area contributed by atoms with E-state index in [1.807, 2.05) is 13.8 Å². The second kappa shape index (κ2) is 8.35. The highest BCUT2D eigenvalue weighted by Crippen LogP contribution is 2.15. The largest absolute Gasteiger partial charge is 0.491 e. The van der Waals surface area contributed by atoms with Crippen molar-refractivity contribution in [1.82, 2.24) is 0 Å². The molecular weight excluding hydrogens is 256 g/mol. The summed E-state index contributed by atoms with van der Waals surface area (Å²) in [7, 11) is 0. The number of carbonyl (C=O) groups excluding carboxylic acids is 2. The highest BCUT2D eigenvalue weighted by Gasteiger charge is 2.08. The minimum absolute atomic E-state index is 0.0328. The average molecular weight is 278 g/mol. The summed E-state index contributed by atoms with van der Waals surface area (Å²) in [5.74, 6) is 0.537. The summed E-state index contributed by atoms with van der Waals surface area (Å²) in [6, 6.07) is 7.09. The van der Waals surface area contributed by atoms with Gasteiger partial charge in [-0.2, -0.15) is 0 Å². The van der Waals surface area contributed by atoms with Crippen LogP contribution in [-0.2, 0) is 9.53 Å². The monoisotopic (exact) mass is 278 g/mol. The van der Waals surface area contributed by atoms with Gasteiger partial charge < -0.3 is 9.47 Å².